The molecule has 1 N–H and O–H groups in total. The molecule has 1 aliphatic heterocycles. The first kappa shape index (κ1) is 13.2. The van der Waals surface area contributed by atoms with Crippen molar-refractivity contribution >= 4 is 33.0 Å². The molecular weight excluding hydrogens is 284 g/mol. The minimum Gasteiger partial charge on any atom is -0.378 e. The Morgan fingerprint density at radius 2 is 2.47 bits per heavy atom. The topological polar surface area (TPSA) is 68.3 Å². The Morgan fingerprint density at radius 3 is 3.06 bits per heavy atom. The third kappa shape index (κ3) is 3.62. The van der Waals surface area contributed by atoms with E-state index in [1.54, 1.807) is 0 Å². The van der Waals surface area contributed by atoms with Gasteiger partial charge >= 0.3 is 0 Å². The van der Waals surface area contributed by atoms with E-state index >= 15 is 0 Å². The zero-order chi connectivity index (χ0) is 12.3. The SMILES string of the molecule is O=S(=O)(NCCC1CCCO1)c1cnc(Cl)s1. The Morgan fingerprint density at radius 1 is 1.65 bits per heavy atom. The zero-order valence-corrected chi connectivity index (χ0v) is 11.4. The molecular formula is C9H13ClN2O3S2. The van der Waals surface area contributed by atoms with E-state index < -0.39 is 10.0 Å². The second kappa shape index (κ2) is 5.62. The average Bonchev–Trinajstić information content (AvgIpc) is 2.89. The molecule has 1 unspecified atom stereocenters. The van der Waals surface area contributed by atoms with Gasteiger partial charge in [-0.2, -0.15) is 0 Å². The zero-order valence-electron chi connectivity index (χ0n) is 9.06. The maximum Gasteiger partial charge on any atom is 0.251 e. The molecule has 5 nitrogen and oxygen atoms in total. The van der Waals surface area contributed by atoms with Crippen molar-refractivity contribution in [1.29, 1.82) is 0 Å². The summed E-state index contributed by atoms with van der Waals surface area (Å²) in [6, 6.07) is 0. The van der Waals surface area contributed by atoms with Gasteiger partial charge in [0, 0.05) is 13.2 Å². The summed E-state index contributed by atoms with van der Waals surface area (Å²) in [7, 11) is -3.47. The third-order valence-corrected chi connectivity index (χ3v) is 5.54. The molecule has 1 atom stereocenters. The fourth-order valence-electron chi connectivity index (χ4n) is 1.66. The molecule has 2 heterocycles. The molecule has 1 aliphatic rings. The number of halogens is 1. The maximum absolute atomic E-state index is 11.8. The largest absolute Gasteiger partial charge is 0.378 e. The molecule has 2 rings (SSSR count). The highest BCUT2D eigenvalue weighted by Gasteiger charge is 2.19. The van der Waals surface area contributed by atoms with E-state index in [1.165, 1.54) is 6.20 Å². The second-order valence-corrected chi connectivity index (χ2v) is 7.36. The Bertz CT molecular complexity index is 468. The van der Waals surface area contributed by atoms with Crippen molar-refractivity contribution in [3.63, 3.8) is 0 Å². The summed E-state index contributed by atoms with van der Waals surface area (Å²) in [6.07, 6.45) is 4.21. The van der Waals surface area contributed by atoms with Crippen LogP contribution in [0.2, 0.25) is 4.47 Å². The van der Waals surface area contributed by atoms with E-state index in [-0.39, 0.29) is 14.8 Å². The highest BCUT2D eigenvalue weighted by Crippen LogP contribution is 2.22. The van der Waals surface area contributed by atoms with E-state index in [2.05, 4.69) is 9.71 Å². The van der Waals surface area contributed by atoms with E-state index in [0.29, 0.717) is 13.0 Å². The van der Waals surface area contributed by atoms with E-state index in [4.69, 9.17) is 16.3 Å². The summed E-state index contributed by atoms with van der Waals surface area (Å²) in [5.74, 6) is 0. The first-order chi connectivity index (χ1) is 8.08. The van der Waals surface area contributed by atoms with Crippen molar-refractivity contribution in [2.24, 2.45) is 0 Å². The van der Waals surface area contributed by atoms with Crippen LogP contribution in [0.3, 0.4) is 0 Å². The van der Waals surface area contributed by atoms with Crippen LogP contribution in [-0.2, 0) is 14.8 Å². The van der Waals surface area contributed by atoms with Gasteiger partial charge in [-0.3, -0.25) is 0 Å². The lowest BCUT2D eigenvalue weighted by molar-refractivity contribution is 0.105. The Labute approximate surface area is 109 Å². The molecule has 17 heavy (non-hydrogen) atoms. The van der Waals surface area contributed by atoms with Gasteiger partial charge in [0.1, 0.15) is 0 Å². The van der Waals surface area contributed by atoms with Gasteiger partial charge in [0.15, 0.2) is 8.68 Å². The van der Waals surface area contributed by atoms with Crippen LogP contribution in [-0.4, -0.2) is 32.7 Å². The molecule has 0 aliphatic carbocycles. The summed E-state index contributed by atoms with van der Waals surface area (Å²) in [6.45, 7) is 1.16. The quantitative estimate of drug-likeness (QED) is 0.897. The monoisotopic (exact) mass is 296 g/mol. The van der Waals surface area contributed by atoms with E-state index in [0.717, 1.165) is 30.8 Å². The summed E-state index contributed by atoms with van der Waals surface area (Å²) >= 11 is 6.55. The molecule has 0 bridgehead atoms. The number of thiazole rings is 1. The Balaban J connectivity index is 1.85. The van der Waals surface area contributed by atoms with Crippen molar-refractivity contribution in [2.45, 2.75) is 29.6 Å². The van der Waals surface area contributed by atoms with Crippen LogP contribution in [0.25, 0.3) is 0 Å². The lowest BCUT2D eigenvalue weighted by Gasteiger charge is -2.09. The third-order valence-electron chi connectivity index (χ3n) is 2.50. The van der Waals surface area contributed by atoms with Gasteiger partial charge in [0.05, 0.1) is 12.3 Å². The number of nitrogens with one attached hydrogen (secondary N) is 1. The molecule has 0 amide bonds. The van der Waals surface area contributed by atoms with Crippen LogP contribution in [0.5, 0.6) is 0 Å². The molecule has 0 spiro atoms. The van der Waals surface area contributed by atoms with Crippen LogP contribution in [0.1, 0.15) is 19.3 Å². The maximum atomic E-state index is 11.8. The lowest BCUT2D eigenvalue weighted by atomic mass is 10.2. The highest BCUT2D eigenvalue weighted by atomic mass is 35.5. The van der Waals surface area contributed by atoms with E-state index in [9.17, 15) is 8.42 Å². The fraction of sp³-hybridized carbons (Fsp3) is 0.667. The minimum absolute atomic E-state index is 0.148. The molecule has 1 aromatic rings. The predicted molar refractivity (Wildman–Crippen MR) is 65.9 cm³/mol. The second-order valence-electron chi connectivity index (χ2n) is 3.75. The smallest absolute Gasteiger partial charge is 0.251 e. The number of rotatable bonds is 5. The molecule has 8 heteroatoms. The first-order valence-corrected chi connectivity index (χ1v) is 7.98. The number of sulfonamides is 1. The number of nitrogens with zero attached hydrogens (tertiary/aromatic N) is 1. The van der Waals surface area contributed by atoms with Gasteiger partial charge in [0.2, 0.25) is 0 Å². The molecule has 1 aromatic heterocycles. The minimum atomic E-state index is -3.47. The average molecular weight is 297 g/mol. The molecule has 0 radical (unpaired) electrons. The van der Waals surface area contributed by atoms with Gasteiger partial charge in [-0.25, -0.2) is 18.1 Å². The van der Waals surface area contributed by atoms with Gasteiger partial charge < -0.3 is 4.74 Å². The number of ether oxygens (including phenoxy) is 1. The normalized spacial score (nSPS) is 20.9. The molecule has 1 saturated heterocycles. The Hall–Kier alpha value is -0.210. The van der Waals surface area contributed by atoms with Crippen molar-refractivity contribution < 1.29 is 13.2 Å². The van der Waals surface area contributed by atoms with Crippen LogP contribution in [0, 0.1) is 0 Å². The van der Waals surface area contributed by atoms with Crippen LogP contribution < -0.4 is 4.72 Å². The molecule has 0 aromatic carbocycles. The predicted octanol–water partition coefficient (Wildman–Crippen LogP) is 1.64. The van der Waals surface area contributed by atoms with Crippen molar-refractivity contribution in [3.8, 4) is 0 Å². The summed E-state index contributed by atoms with van der Waals surface area (Å²) < 4.78 is 31.9. The summed E-state index contributed by atoms with van der Waals surface area (Å²) in [5.41, 5.74) is 0. The Kier molecular flexibility index (Phi) is 4.37. The van der Waals surface area contributed by atoms with Gasteiger partial charge in [-0.05, 0) is 19.3 Å². The number of hydrogen-bond donors (Lipinski definition) is 1. The lowest BCUT2D eigenvalue weighted by Crippen LogP contribution is -2.26. The van der Waals surface area contributed by atoms with Crippen LogP contribution >= 0.6 is 22.9 Å². The standard InChI is InChI=1S/C9H13ClN2O3S2/c10-9-11-6-8(16-9)17(13,14)12-4-3-7-2-1-5-15-7/h6-7,12H,1-5H2. The molecule has 0 saturated carbocycles. The van der Waals surface area contributed by atoms with Crippen LogP contribution in [0.15, 0.2) is 10.4 Å². The van der Waals surface area contributed by atoms with Gasteiger partial charge in [-0.15, -0.1) is 0 Å². The number of hydrogen-bond acceptors (Lipinski definition) is 5. The number of aromatic nitrogens is 1. The van der Waals surface area contributed by atoms with Gasteiger partial charge in [-0.1, -0.05) is 22.9 Å². The van der Waals surface area contributed by atoms with Crippen molar-refractivity contribution in [1.82, 2.24) is 9.71 Å². The van der Waals surface area contributed by atoms with Crippen molar-refractivity contribution in [2.75, 3.05) is 13.2 Å². The van der Waals surface area contributed by atoms with Gasteiger partial charge in [0.25, 0.3) is 10.0 Å². The first-order valence-electron chi connectivity index (χ1n) is 5.30. The fourth-order valence-corrected chi connectivity index (χ4v) is 4.05. The van der Waals surface area contributed by atoms with Crippen molar-refractivity contribution in [3.05, 3.63) is 10.7 Å². The molecule has 96 valence electrons. The highest BCUT2D eigenvalue weighted by molar-refractivity contribution is 7.91. The summed E-state index contributed by atoms with van der Waals surface area (Å²) in [4.78, 5) is 3.71. The van der Waals surface area contributed by atoms with Crippen LogP contribution in [0.4, 0.5) is 0 Å². The molecule has 1 fully saturated rings. The summed E-state index contributed by atoms with van der Waals surface area (Å²) in [5, 5.41) is 0. The van der Waals surface area contributed by atoms with E-state index in [1.807, 2.05) is 0 Å².